The fourth-order valence-corrected chi connectivity index (χ4v) is 9.63. The van der Waals surface area contributed by atoms with Gasteiger partial charge in [0.15, 0.2) is 0 Å². The van der Waals surface area contributed by atoms with Crippen molar-refractivity contribution in [2.45, 2.75) is 311 Å². The number of carboxylic acid groups (broad SMARTS) is 1. The summed E-state index contributed by atoms with van der Waals surface area (Å²) in [5, 5.41) is 14.0. The Kier molecular flexibility index (Phi) is 64.3. The summed E-state index contributed by atoms with van der Waals surface area (Å²) in [7, 11) is 6.16. The van der Waals surface area contributed by atoms with E-state index in [1.165, 1.54) is 62.5 Å². The second-order valence-corrected chi connectivity index (χ2v) is 37.5. The Morgan fingerprint density at radius 1 is 0.447 bits per heavy atom. The van der Waals surface area contributed by atoms with Gasteiger partial charge in [-0.2, -0.15) is 0 Å². The molecule has 0 heterocycles. The zero-order chi connectivity index (χ0) is 90.1. The van der Waals surface area contributed by atoms with Gasteiger partial charge in [0.25, 0.3) is 12.9 Å². The number of aryl methyl sites for hydroxylation is 2. The largest absolute Gasteiger partial charge is 0.496 e. The number of nitrogens with one attached hydrogen (secondary N) is 2. The van der Waals surface area contributed by atoms with Gasteiger partial charge < -0.3 is 40.4 Å². The fourth-order valence-electron chi connectivity index (χ4n) is 9.63. The van der Waals surface area contributed by atoms with Gasteiger partial charge in [-0.25, -0.2) is 17.6 Å². The normalized spacial score (nSPS) is 11.6. The van der Waals surface area contributed by atoms with Gasteiger partial charge in [0.1, 0.15) is 17.5 Å². The number of methoxy groups -OCH3 is 3. The van der Waals surface area contributed by atoms with Gasteiger partial charge in [0.2, 0.25) is 11.8 Å². The summed E-state index contributed by atoms with van der Waals surface area (Å²) in [6.07, 6.45) is 8.35. The highest BCUT2D eigenvalue weighted by Gasteiger charge is 2.31. The number of carbonyl (C=O) groups is 4. The maximum atomic E-state index is 13.1. The molecule has 0 aliphatic carbocycles. The molecule has 16 heteroatoms. The molecule has 5 aromatic carbocycles. The van der Waals surface area contributed by atoms with E-state index in [0.29, 0.717) is 29.5 Å². The molecule has 0 fully saturated rings. The van der Waals surface area contributed by atoms with Crippen LogP contribution < -0.4 is 25.8 Å². The Bertz CT molecular complexity index is 3140. The summed E-state index contributed by atoms with van der Waals surface area (Å²) < 4.78 is 71.0. The highest BCUT2D eigenvalue weighted by molar-refractivity contribution is 5.93. The Hall–Kier alpha value is -7.04. The van der Waals surface area contributed by atoms with Crippen molar-refractivity contribution in [3.63, 3.8) is 0 Å². The highest BCUT2D eigenvalue weighted by atomic mass is 19.3. The number of ether oxygens (including phenoxy) is 4. The number of anilines is 1. The van der Waals surface area contributed by atoms with Crippen LogP contribution in [0.25, 0.3) is 0 Å². The van der Waals surface area contributed by atoms with Crippen LogP contribution in [0.1, 0.15) is 313 Å². The molecule has 5 rings (SSSR count). The molecule has 0 radical (unpaired) electrons. The molecule has 0 bridgehead atoms. The molecule has 12 nitrogen and oxygen atoms in total. The molecular weight excluding hydrogens is 1440 g/mol. The number of nitrogens with two attached hydrogens (primary N) is 1. The van der Waals surface area contributed by atoms with Crippen LogP contribution in [0.4, 0.5) is 23.2 Å². The van der Waals surface area contributed by atoms with Gasteiger partial charge in [0.05, 0.1) is 38.4 Å². The van der Waals surface area contributed by atoms with E-state index in [-0.39, 0.29) is 84.7 Å². The van der Waals surface area contributed by atoms with E-state index < -0.39 is 24.9 Å². The SMILES string of the molecule is CC.CC(C)(C)C/C=C/C(N)C(=O)O.CCC(C)(C)C.CCC(C)(C)C.CCOC.CCOC(=O)Cc1ccccc1.CCc1ccccc1.CCc1ccccc1.CNC(=O)C(CC(C)(C)C)CC(C)(C)C.COc1ccc(CC(C)(C)C)cc1C(F)F.COc1ccc(NC(=O)C(CC(C)(C)C)CC(C)(C)C)cc1C(F)F. The molecule has 0 saturated heterocycles. The molecule has 1 atom stereocenters. The highest BCUT2D eigenvalue weighted by Crippen LogP contribution is 2.37. The van der Waals surface area contributed by atoms with Crippen LogP contribution in [0.5, 0.6) is 11.5 Å². The molecule has 0 saturated carbocycles. The lowest BCUT2D eigenvalue weighted by atomic mass is 9.76. The molecular formula is C98H167F4N3O9. The monoisotopic (exact) mass is 1610 g/mol. The zero-order valence-electron chi connectivity index (χ0n) is 78.7. The maximum Gasteiger partial charge on any atom is 0.324 e. The third-order valence-corrected chi connectivity index (χ3v) is 16.2. The van der Waals surface area contributed by atoms with E-state index in [4.69, 9.17) is 25.1 Å². The molecule has 1 unspecified atom stereocenters. The zero-order valence-corrected chi connectivity index (χ0v) is 78.7. The number of amides is 2. The molecule has 0 aromatic heterocycles. The molecule has 0 aliphatic heterocycles. The average molecular weight is 1610 g/mol. The van der Waals surface area contributed by atoms with Gasteiger partial charge in [-0.15, -0.1) is 0 Å². The Morgan fingerprint density at radius 3 is 1.04 bits per heavy atom. The molecule has 0 aliphatic rings. The first-order chi connectivity index (χ1) is 52.3. The number of benzene rings is 5. The summed E-state index contributed by atoms with van der Waals surface area (Å²) in [5.74, 6) is -0.771. The third kappa shape index (κ3) is 75.0. The number of aliphatic carboxylic acids is 1. The fraction of sp³-hybridized carbons (Fsp3) is 0.633. The van der Waals surface area contributed by atoms with Crippen LogP contribution in [-0.2, 0) is 54.3 Å². The number of hydrogen-bond donors (Lipinski definition) is 4. The number of alkyl halides is 4. The van der Waals surface area contributed by atoms with Crippen LogP contribution >= 0.6 is 0 Å². The standard InChI is InChI=1S/C20H31F2NO2.C13H18F2O.C13H27NO.C10H12O2.C9H17NO2.2C8H10.2C6H14.C3H8O.C2H6/c1-19(2,3)11-13(12-20(4,5)6)18(24)23-14-8-9-16(25-7)15(10-14)17(21)22;1-13(2,3)8-9-5-6-11(16-4)10(7-9)12(14)15;1-12(2,3)8-10(11(15)14-7)9-13(4,5)6;1-2-12-10(11)8-9-6-4-3-5-7-9;1-9(2,3)6-4-5-7(10)8(11)12;2*1-2-8-6-4-3-5-7-8;2*1-5-6(2,3)4;1-3-4-2;1-2/h8-10,13,17H,11-12H2,1-7H3,(H,23,24);5-7,12H,8H2,1-4H3;10H,8-9H2,1-7H3,(H,14,15);3-7H,2,8H2,1H3;4-5,7H,6,10H2,1-3H3,(H,11,12);2*3-7H,2H2,1H3;2*5H2,1-4H3;3H2,1-2H3;1-2H3/b;;;;5-4+;;;;;;. The van der Waals surface area contributed by atoms with Crippen molar-refractivity contribution in [3.05, 3.63) is 173 Å². The van der Waals surface area contributed by atoms with E-state index >= 15 is 0 Å². The second kappa shape index (κ2) is 62.2. The maximum absolute atomic E-state index is 13.1. The van der Waals surface area contributed by atoms with E-state index in [0.717, 1.165) is 69.1 Å². The van der Waals surface area contributed by atoms with Crippen LogP contribution in [0.2, 0.25) is 0 Å². The van der Waals surface area contributed by atoms with Crippen LogP contribution in [0.15, 0.2) is 140 Å². The molecule has 656 valence electrons. The van der Waals surface area contributed by atoms with Crippen LogP contribution in [0, 0.1) is 55.2 Å². The minimum Gasteiger partial charge on any atom is -0.496 e. The van der Waals surface area contributed by atoms with E-state index in [2.05, 4.69) is 258 Å². The predicted molar refractivity (Wildman–Crippen MR) is 481 cm³/mol. The molecule has 5 aromatic rings. The number of rotatable bonds is 21. The molecule has 2 amide bonds. The van der Waals surface area contributed by atoms with Crippen molar-refractivity contribution < 1.29 is 60.8 Å². The predicted octanol–water partition coefficient (Wildman–Crippen LogP) is 27.7. The number of allylic oxidation sites excluding steroid dienone is 1. The number of halogens is 4. The van der Waals surface area contributed by atoms with Gasteiger partial charge in [-0.05, 0) is 161 Å². The molecule has 0 spiro atoms. The number of carboxylic acids is 1. The van der Waals surface area contributed by atoms with Gasteiger partial charge in [0, 0.05) is 38.3 Å². The summed E-state index contributed by atoms with van der Waals surface area (Å²) in [6.45, 7) is 69.4. The van der Waals surface area contributed by atoms with Gasteiger partial charge in [-0.3, -0.25) is 19.2 Å². The average Bonchev–Trinajstić information content (AvgIpc) is 0.841. The minimum atomic E-state index is -2.66. The van der Waals surface area contributed by atoms with Crippen molar-refractivity contribution in [1.29, 1.82) is 0 Å². The van der Waals surface area contributed by atoms with Crippen molar-refractivity contribution in [2.24, 2.45) is 60.9 Å². The van der Waals surface area contributed by atoms with Crippen LogP contribution in [-0.4, -0.2) is 76.5 Å². The summed E-state index contributed by atoms with van der Waals surface area (Å²) in [5.41, 5.74) is 11.9. The smallest absolute Gasteiger partial charge is 0.324 e. The first kappa shape index (κ1) is 118. The van der Waals surface area contributed by atoms with E-state index in [9.17, 15) is 36.7 Å². The first-order valence-electron chi connectivity index (χ1n) is 41.1. The lowest BCUT2D eigenvalue weighted by Crippen LogP contribution is -2.33. The Balaban J connectivity index is -0.000000295. The topological polar surface area (TPSA) is 176 Å². The van der Waals surface area contributed by atoms with Crippen molar-refractivity contribution >= 4 is 29.4 Å². The summed E-state index contributed by atoms with van der Waals surface area (Å²) >= 11 is 0. The first-order valence-corrected chi connectivity index (χ1v) is 41.1. The Morgan fingerprint density at radius 2 is 0.781 bits per heavy atom. The van der Waals surface area contributed by atoms with Gasteiger partial charge >= 0.3 is 11.9 Å². The lowest BCUT2D eigenvalue weighted by molar-refractivity contribution is -0.142. The summed E-state index contributed by atoms with van der Waals surface area (Å²) in [6, 6.07) is 38.9. The number of esters is 1. The molecule has 114 heavy (non-hydrogen) atoms. The summed E-state index contributed by atoms with van der Waals surface area (Å²) in [4.78, 5) is 45.8. The quantitative estimate of drug-likeness (QED) is 0.0314. The number of hydrogen-bond acceptors (Lipinski definition) is 9. The van der Waals surface area contributed by atoms with Crippen molar-refractivity contribution in [2.75, 3.05) is 46.9 Å². The minimum absolute atomic E-state index is 0.00129. The van der Waals surface area contributed by atoms with Gasteiger partial charge in [-0.1, -0.05) is 330 Å². The second-order valence-electron chi connectivity index (χ2n) is 37.5. The van der Waals surface area contributed by atoms with E-state index in [1.54, 1.807) is 26.3 Å². The lowest BCUT2D eigenvalue weighted by Gasteiger charge is -2.30. The van der Waals surface area contributed by atoms with E-state index in [1.807, 2.05) is 82.3 Å². The molecule has 5 N–H and O–H groups in total. The van der Waals surface area contributed by atoms with Crippen LogP contribution in [0.3, 0.4) is 0 Å². The number of carbonyl (C=O) groups excluding carboxylic acids is 3. The third-order valence-electron chi connectivity index (χ3n) is 16.2. The van der Waals surface area contributed by atoms with Crippen molar-refractivity contribution in [3.8, 4) is 11.5 Å². The Labute approximate surface area is 695 Å². The van der Waals surface area contributed by atoms with Crippen molar-refractivity contribution in [1.82, 2.24) is 5.32 Å².